The van der Waals surface area contributed by atoms with Crippen LogP contribution in [0.1, 0.15) is 30.1 Å². The molecule has 1 aliphatic rings. The number of carbonyl (C=O) groups is 1. The molecule has 1 amide bonds. The maximum absolute atomic E-state index is 11.6. The van der Waals surface area contributed by atoms with E-state index in [1.165, 1.54) is 12.8 Å². The Kier molecular flexibility index (Phi) is 2.81. The Labute approximate surface area is 89.2 Å². The fourth-order valence-corrected chi connectivity index (χ4v) is 1.39. The van der Waals surface area contributed by atoms with Gasteiger partial charge in [0.15, 0.2) is 0 Å². The molecule has 1 aromatic carbocycles. The Morgan fingerprint density at radius 1 is 1.33 bits per heavy atom. The summed E-state index contributed by atoms with van der Waals surface area (Å²) in [5, 5.41) is 4.08. The van der Waals surface area contributed by atoms with Crippen molar-refractivity contribution in [1.82, 2.24) is 5.43 Å². The van der Waals surface area contributed by atoms with Crippen molar-refractivity contribution < 1.29 is 4.79 Å². The Bertz CT molecular complexity index is 380. The van der Waals surface area contributed by atoms with Gasteiger partial charge in [-0.05, 0) is 37.8 Å². The quantitative estimate of drug-likeness (QED) is 0.592. The topological polar surface area (TPSA) is 41.5 Å². The molecule has 0 bridgehead atoms. The Morgan fingerprint density at radius 3 is 2.60 bits per heavy atom. The van der Waals surface area contributed by atoms with Crippen LogP contribution in [0, 0.1) is 5.92 Å². The molecule has 1 saturated carbocycles. The molecule has 78 valence electrons. The van der Waals surface area contributed by atoms with E-state index in [0.29, 0.717) is 11.5 Å². The Hall–Kier alpha value is -1.64. The summed E-state index contributed by atoms with van der Waals surface area (Å²) in [4.78, 5) is 11.6. The average Bonchev–Trinajstić information content (AvgIpc) is 3.10. The maximum Gasteiger partial charge on any atom is 0.271 e. The van der Waals surface area contributed by atoms with Crippen molar-refractivity contribution >= 4 is 11.6 Å². The van der Waals surface area contributed by atoms with E-state index >= 15 is 0 Å². The lowest BCUT2D eigenvalue weighted by Crippen LogP contribution is -2.19. The molecule has 0 saturated heterocycles. The molecule has 3 nitrogen and oxygen atoms in total. The predicted octanol–water partition coefficient (Wildman–Crippen LogP) is 2.20. The van der Waals surface area contributed by atoms with Gasteiger partial charge in [-0.25, -0.2) is 5.43 Å². The standard InChI is InChI=1S/C12H14N2O/c1-9(10-7-8-10)13-14-12(15)11-5-3-2-4-6-11/h2-6,10H,7-8H2,1H3,(H,14,15). The van der Waals surface area contributed by atoms with Gasteiger partial charge in [0.2, 0.25) is 0 Å². The third-order valence-electron chi connectivity index (χ3n) is 2.54. The van der Waals surface area contributed by atoms with Crippen LogP contribution >= 0.6 is 0 Å². The third kappa shape index (κ3) is 2.65. The molecule has 3 heteroatoms. The van der Waals surface area contributed by atoms with Crippen LogP contribution in [0.4, 0.5) is 0 Å². The lowest BCUT2D eigenvalue weighted by atomic mass is 10.2. The summed E-state index contributed by atoms with van der Waals surface area (Å²) in [5.41, 5.74) is 4.24. The largest absolute Gasteiger partial charge is 0.271 e. The zero-order chi connectivity index (χ0) is 10.7. The molecule has 1 aromatic rings. The Balaban J connectivity index is 1.95. The van der Waals surface area contributed by atoms with Crippen LogP contribution in [-0.4, -0.2) is 11.6 Å². The molecule has 0 spiro atoms. The number of benzene rings is 1. The van der Waals surface area contributed by atoms with Crippen molar-refractivity contribution in [3.05, 3.63) is 35.9 Å². The van der Waals surface area contributed by atoms with Gasteiger partial charge in [0.05, 0.1) is 0 Å². The molecular weight excluding hydrogens is 188 g/mol. The molecule has 1 aliphatic carbocycles. The number of amides is 1. The van der Waals surface area contributed by atoms with E-state index in [9.17, 15) is 4.79 Å². The van der Waals surface area contributed by atoms with Gasteiger partial charge in [-0.1, -0.05) is 18.2 Å². The molecule has 0 unspecified atom stereocenters. The molecule has 2 rings (SSSR count). The first kappa shape index (κ1) is 9.90. The Morgan fingerprint density at radius 2 is 2.00 bits per heavy atom. The highest BCUT2D eigenvalue weighted by Crippen LogP contribution is 2.30. The second kappa shape index (κ2) is 4.26. The van der Waals surface area contributed by atoms with Crippen molar-refractivity contribution in [2.75, 3.05) is 0 Å². The summed E-state index contributed by atoms with van der Waals surface area (Å²) >= 11 is 0. The number of hydrogen-bond donors (Lipinski definition) is 1. The van der Waals surface area contributed by atoms with Crippen molar-refractivity contribution in [3.8, 4) is 0 Å². The van der Waals surface area contributed by atoms with E-state index in [1.54, 1.807) is 12.1 Å². The van der Waals surface area contributed by atoms with Crippen LogP contribution in [0.25, 0.3) is 0 Å². The van der Waals surface area contributed by atoms with Crippen molar-refractivity contribution in [2.45, 2.75) is 19.8 Å². The molecule has 0 heterocycles. The molecule has 0 radical (unpaired) electrons. The van der Waals surface area contributed by atoms with Gasteiger partial charge in [0, 0.05) is 11.3 Å². The molecule has 15 heavy (non-hydrogen) atoms. The number of nitrogens with zero attached hydrogens (tertiary/aromatic N) is 1. The minimum Gasteiger partial charge on any atom is -0.267 e. The van der Waals surface area contributed by atoms with Crippen LogP contribution in [0.2, 0.25) is 0 Å². The number of nitrogens with one attached hydrogen (secondary N) is 1. The second-order valence-corrected chi connectivity index (χ2v) is 3.83. The van der Waals surface area contributed by atoms with Crippen LogP contribution in [0.15, 0.2) is 35.4 Å². The lowest BCUT2D eigenvalue weighted by molar-refractivity contribution is 0.0954. The minimum absolute atomic E-state index is 0.143. The van der Waals surface area contributed by atoms with Crippen molar-refractivity contribution in [2.24, 2.45) is 11.0 Å². The van der Waals surface area contributed by atoms with Gasteiger partial charge >= 0.3 is 0 Å². The van der Waals surface area contributed by atoms with Gasteiger partial charge in [-0.15, -0.1) is 0 Å². The molecule has 1 fully saturated rings. The van der Waals surface area contributed by atoms with Gasteiger partial charge in [-0.2, -0.15) is 5.10 Å². The van der Waals surface area contributed by atoms with Crippen molar-refractivity contribution in [3.63, 3.8) is 0 Å². The van der Waals surface area contributed by atoms with E-state index in [1.807, 2.05) is 25.1 Å². The van der Waals surface area contributed by atoms with E-state index in [4.69, 9.17) is 0 Å². The molecule has 1 N–H and O–H groups in total. The monoisotopic (exact) mass is 202 g/mol. The summed E-state index contributed by atoms with van der Waals surface area (Å²) in [5.74, 6) is 0.455. The van der Waals surface area contributed by atoms with Crippen LogP contribution in [-0.2, 0) is 0 Å². The molecular formula is C12H14N2O. The van der Waals surface area contributed by atoms with E-state index in [2.05, 4.69) is 10.5 Å². The van der Waals surface area contributed by atoms with Crippen molar-refractivity contribution in [1.29, 1.82) is 0 Å². The highest BCUT2D eigenvalue weighted by molar-refractivity contribution is 5.95. The third-order valence-corrected chi connectivity index (χ3v) is 2.54. The molecule has 0 atom stereocenters. The van der Waals surface area contributed by atoms with Crippen LogP contribution in [0.5, 0.6) is 0 Å². The predicted molar refractivity (Wildman–Crippen MR) is 59.7 cm³/mol. The first-order valence-electron chi connectivity index (χ1n) is 5.17. The lowest BCUT2D eigenvalue weighted by Gasteiger charge is -2.00. The maximum atomic E-state index is 11.6. The fraction of sp³-hybridized carbons (Fsp3) is 0.333. The van der Waals surface area contributed by atoms with E-state index < -0.39 is 0 Å². The normalized spacial score (nSPS) is 16.2. The van der Waals surface area contributed by atoms with E-state index in [0.717, 1.165) is 5.71 Å². The van der Waals surface area contributed by atoms with E-state index in [-0.39, 0.29) is 5.91 Å². The second-order valence-electron chi connectivity index (χ2n) is 3.83. The summed E-state index contributed by atoms with van der Waals surface area (Å²) < 4.78 is 0. The first-order valence-corrected chi connectivity index (χ1v) is 5.17. The SMILES string of the molecule is CC(=NNC(=O)c1ccccc1)C1CC1. The summed E-state index contributed by atoms with van der Waals surface area (Å²) in [6.45, 7) is 1.96. The minimum atomic E-state index is -0.143. The zero-order valence-corrected chi connectivity index (χ0v) is 8.73. The number of carbonyl (C=O) groups excluding carboxylic acids is 1. The van der Waals surface area contributed by atoms with Gasteiger partial charge in [0.1, 0.15) is 0 Å². The highest BCUT2D eigenvalue weighted by atomic mass is 16.2. The zero-order valence-electron chi connectivity index (χ0n) is 8.73. The smallest absolute Gasteiger partial charge is 0.267 e. The van der Waals surface area contributed by atoms with Gasteiger partial charge in [-0.3, -0.25) is 4.79 Å². The number of rotatable bonds is 3. The summed E-state index contributed by atoms with van der Waals surface area (Å²) in [6.07, 6.45) is 2.41. The van der Waals surface area contributed by atoms with Crippen LogP contribution in [0.3, 0.4) is 0 Å². The molecule has 0 aliphatic heterocycles. The van der Waals surface area contributed by atoms with Gasteiger partial charge in [0.25, 0.3) is 5.91 Å². The van der Waals surface area contributed by atoms with Crippen LogP contribution < -0.4 is 5.43 Å². The number of hydrogen-bond acceptors (Lipinski definition) is 2. The summed E-state index contributed by atoms with van der Waals surface area (Å²) in [6, 6.07) is 9.11. The summed E-state index contributed by atoms with van der Waals surface area (Å²) in [7, 11) is 0. The first-order chi connectivity index (χ1) is 7.27. The average molecular weight is 202 g/mol. The van der Waals surface area contributed by atoms with Gasteiger partial charge < -0.3 is 0 Å². The fourth-order valence-electron chi connectivity index (χ4n) is 1.39. The molecule has 0 aromatic heterocycles. The highest BCUT2D eigenvalue weighted by Gasteiger charge is 2.24. The number of hydrazone groups is 1.